The van der Waals surface area contributed by atoms with Crippen LogP contribution in [0.3, 0.4) is 0 Å². The van der Waals surface area contributed by atoms with Crippen LogP contribution in [0.5, 0.6) is 0 Å². The molecule has 4 heteroatoms. The molecule has 1 amide bonds. The van der Waals surface area contributed by atoms with Crippen LogP contribution < -0.4 is 0 Å². The van der Waals surface area contributed by atoms with Crippen LogP contribution in [0.25, 0.3) is 0 Å². The van der Waals surface area contributed by atoms with Crippen molar-refractivity contribution in [1.82, 2.24) is 4.90 Å². The highest BCUT2D eigenvalue weighted by molar-refractivity contribution is 7.99. The molecule has 0 spiro atoms. The number of carbonyl (C=O) groups excluding carboxylic acids is 1. The van der Waals surface area contributed by atoms with Crippen LogP contribution in [0.1, 0.15) is 12.0 Å². The number of aliphatic hydroxyl groups is 1. The molecule has 1 unspecified atom stereocenters. The molecular formula is C14H19NO2S. The van der Waals surface area contributed by atoms with E-state index < -0.39 is 0 Å². The fourth-order valence-corrected chi connectivity index (χ4v) is 2.98. The number of benzene rings is 1. The fourth-order valence-electron chi connectivity index (χ4n) is 2.10. The lowest BCUT2D eigenvalue weighted by atomic mass is 10.1. The van der Waals surface area contributed by atoms with Gasteiger partial charge in [-0.2, -0.15) is 0 Å². The van der Waals surface area contributed by atoms with Crippen LogP contribution in [0.4, 0.5) is 0 Å². The average molecular weight is 265 g/mol. The number of thioether (sulfide) groups is 1. The van der Waals surface area contributed by atoms with Gasteiger partial charge >= 0.3 is 0 Å². The molecule has 1 fully saturated rings. The Morgan fingerprint density at radius 3 is 2.72 bits per heavy atom. The Bertz CT molecular complexity index is 405. The largest absolute Gasteiger partial charge is 0.396 e. The van der Waals surface area contributed by atoms with E-state index in [2.05, 4.69) is 31.2 Å². The first-order valence-electron chi connectivity index (χ1n) is 6.27. The van der Waals surface area contributed by atoms with E-state index in [0.717, 1.165) is 12.3 Å². The van der Waals surface area contributed by atoms with Crippen molar-refractivity contribution in [3.8, 4) is 0 Å². The van der Waals surface area contributed by atoms with Gasteiger partial charge in [-0.15, -0.1) is 11.8 Å². The molecule has 1 atom stereocenters. The van der Waals surface area contributed by atoms with Gasteiger partial charge in [-0.1, -0.05) is 17.7 Å². The van der Waals surface area contributed by atoms with Crippen molar-refractivity contribution in [2.24, 2.45) is 5.92 Å². The molecule has 1 saturated heterocycles. The molecule has 2 rings (SSSR count). The van der Waals surface area contributed by atoms with Crippen LogP contribution in [-0.2, 0) is 4.79 Å². The lowest BCUT2D eigenvalue weighted by molar-refractivity contribution is -0.127. The molecule has 0 aliphatic carbocycles. The SMILES string of the molecule is Cc1ccc(SCCN2CC(CO)CC2=O)cc1. The summed E-state index contributed by atoms with van der Waals surface area (Å²) in [4.78, 5) is 14.7. The van der Waals surface area contributed by atoms with Crippen LogP contribution in [0.15, 0.2) is 29.2 Å². The molecule has 1 aromatic rings. The van der Waals surface area contributed by atoms with E-state index in [9.17, 15) is 4.79 Å². The Kier molecular flexibility index (Phi) is 4.66. The van der Waals surface area contributed by atoms with E-state index in [1.54, 1.807) is 11.8 Å². The van der Waals surface area contributed by atoms with Gasteiger partial charge in [0.1, 0.15) is 0 Å². The van der Waals surface area contributed by atoms with Crippen molar-refractivity contribution in [2.45, 2.75) is 18.2 Å². The quantitative estimate of drug-likeness (QED) is 0.827. The molecular weight excluding hydrogens is 246 g/mol. The first-order chi connectivity index (χ1) is 8.69. The highest BCUT2D eigenvalue weighted by atomic mass is 32.2. The zero-order chi connectivity index (χ0) is 13.0. The van der Waals surface area contributed by atoms with E-state index in [4.69, 9.17) is 5.11 Å². The minimum Gasteiger partial charge on any atom is -0.396 e. The molecule has 98 valence electrons. The molecule has 1 N–H and O–H groups in total. The van der Waals surface area contributed by atoms with Crippen LogP contribution in [0, 0.1) is 12.8 Å². The zero-order valence-electron chi connectivity index (χ0n) is 10.6. The first kappa shape index (κ1) is 13.4. The van der Waals surface area contributed by atoms with Crippen molar-refractivity contribution in [3.63, 3.8) is 0 Å². The summed E-state index contributed by atoms with van der Waals surface area (Å²) in [5, 5.41) is 9.05. The Labute approximate surface area is 112 Å². The van der Waals surface area contributed by atoms with Gasteiger partial charge in [-0.05, 0) is 19.1 Å². The predicted octanol–water partition coefficient (Wildman–Crippen LogP) is 1.93. The van der Waals surface area contributed by atoms with E-state index >= 15 is 0 Å². The second-order valence-corrected chi connectivity index (χ2v) is 5.92. The molecule has 1 heterocycles. The maximum atomic E-state index is 11.6. The van der Waals surface area contributed by atoms with E-state index in [1.165, 1.54) is 10.5 Å². The molecule has 18 heavy (non-hydrogen) atoms. The number of carbonyl (C=O) groups is 1. The first-order valence-corrected chi connectivity index (χ1v) is 7.25. The molecule has 1 aliphatic rings. The summed E-state index contributed by atoms with van der Waals surface area (Å²) >= 11 is 1.77. The molecule has 0 aromatic heterocycles. The van der Waals surface area contributed by atoms with Gasteiger partial charge in [0.15, 0.2) is 0 Å². The normalized spacial score (nSPS) is 19.6. The Morgan fingerprint density at radius 2 is 2.11 bits per heavy atom. The van der Waals surface area contributed by atoms with Gasteiger partial charge in [-0.25, -0.2) is 0 Å². The molecule has 0 bridgehead atoms. The smallest absolute Gasteiger partial charge is 0.223 e. The maximum absolute atomic E-state index is 11.6. The van der Waals surface area contributed by atoms with Gasteiger partial charge in [0.05, 0.1) is 0 Å². The third-order valence-electron chi connectivity index (χ3n) is 3.20. The molecule has 0 saturated carbocycles. The summed E-state index contributed by atoms with van der Waals surface area (Å²) in [7, 11) is 0. The van der Waals surface area contributed by atoms with Crippen LogP contribution >= 0.6 is 11.8 Å². The summed E-state index contributed by atoms with van der Waals surface area (Å²) in [5.41, 5.74) is 1.26. The molecule has 0 radical (unpaired) electrons. The van der Waals surface area contributed by atoms with Gasteiger partial charge in [0.25, 0.3) is 0 Å². The fraction of sp³-hybridized carbons (Fsp3) is 0.500. The molecule has 3 nitrogen and oxygen atoms in total. The number of hydrogen-bond acceptors (Lipinski definition) is 3. The Balaban J connectivity index is 1.75. The average Bonchev–Trinajstić information content (AvgIpc) is 2.73. The number of nitrogens with zero attached hydrogens (tertiary/aromatic N) is 1. The Hall–Kier alpha value is -1.00. The number of amides is 1. The van der Waals surface area contributed by atoms with Crippen molar-refractivity contribution < 1.29 is 9.90 Å². The number of likely N-dealkylation sites (tertiary alicyclic amines) is 1. The van der Waals surface area contributed by atoms with Crippen molar-refractivity contribution in [2.75, 3.05) is 25.4 Å². The highest BCUT2D eigenvalue weighted by Crippen LogP contribution is 2.21. The molecule has 1 aromatic carbocycles. The van der Waals surface area contributed by atoms with Gasteiger partial charge in [-0.3, -0.25) is 4.79 Å². The molecule has 1 aliphatic heterocycles. The van der Waals surface area contributed by atoms with Gasteiger partial charge in [0, 0.05) is 42.7 Å². The number of rotatable bonds is 5. The second kappa shape index (κ2) is 6.25. The predicted molar refractivity (Wildman–Crippen MR) is 73.7 cm³/mol. The minimum absolute atomic E-state index is 0.118. The lowest BCUT2D eigenvalue weighted by Gasteiger charge is -2.15. The van der Waals surface area contributed by atoms with Gasteiger partial charge < -0.3 is 10.0 Å². The number of hydrogen-bond donors (Lipinski definition) is 1. The van der Waals surface area contributed by atoms with Crippen LogP contribution in [0.2, 0.25) is 0 Å². The minimum atomic E-state index is 0.118. The topological polar surface area (TPSA) is 40.5 Å². The monoisotopic (exact) mass is 265 g/mol. The van der Waals surface area contributed by atoms with Crippen molar-refractivity contribution >= 4 is 17.7 Å². The van der Waals surface area contributed by atoms with Crippen molar-refractivity contribution in [1.29, 1.82) is 0 Å². The zero-order valence-corrected chi connectivity index (χ0v) is 11.4. The summed E-state index contributed by atoms with van der Waals surface area (Å²) in [6, 6.07) is 8.43. The standard InChI is InChI=1S/C14H19NO2S/c1-11-2-4-13(5-3-11)18-7-6-15-9-12(10-16)8-14(15)17/h2-5,12,16H,6-10H2,1H3. The third kappa shape index (κ3) is 3.50. The summed E-state index contributed by atoms with van der Waals surface area (Å²) in [5.74, 6) is 1.23. The van der Waals surface area contributed by atoms with Gasteiger partial charge in [0.2, 0.25) is 5.91 Å². The van der Waals surface area contributed by atoms with E-state index in [-0.39, 0.29) is 18.4 Å². The Morgan fingerprint density at radius 1 is 1.39 bits per heavy atom. The third-order valence-corrected chi connectivity index (χ3v) is 4.20. The summed E-state index contributed by atoms with van der Waals surface area (Å²) in [6.45, 7) is 3.68. The van der Waals surface area contributed by atoms with E-state index in [0.29, 0.717) is 13.0 Å². The highest BCUT2D eigenvalue weighted by Gasteiger charge is 2.28. The second-order valence-electron chi connectivity index (χ2n) is 4.75. The summed E-state index contributed by atoms with van der Waals surface area (Å²) < 4.78 is 0. The van der Waals surface area contributed by atoms with E-state index in [1.807, 2.05) is 4.90 Å². The van der Waals surface area contributed by atoms with Crippen LogP contribution in [-0.4, -0.2) is 41.4 Å². The van der Waals surface area contributed by atoms with Crippen molar-refractivity contribution in [3.05, 3.63) is 29.8 Å². The maximum Gasteiger partial charge on any atom is 0.223 e. The number of aryl methyl sites for hydroxylation is 1. The summed E-state index contributed by atoms with van der Waals surface area (Å²) in [6.07, 6.45) is 0.506. The number of aliphatic hydroxyl groups excluding tert-OH is 1. The lowest BCUT2D eigenvalue weighted by Crippen LogP contribution is -2.27.